The third-order valence-electron chi connectivity index (χ3n) is 3.58. The van der Waals surface area contributed by atoms with Gasteiger partial charge in [-0.3, -0.25) is 14.3 Å². The van der Waals surface area contributed by atoms with Crippen LogP contribution in [-0.4, -0.2) is 32.7 Å². The van der Waals surface area contributed by atoms with Gasteiger partial charge in [-0.25, -0.2) is 0 Å². The Morgan fingerprint density at radius 1 is 1.20 bits per heavy atom. The Labute approximate surface area is 144 Å². The summed E-state index contributed by atoms with van der Waals surface area (Å²) >= 11 is 0. The van der Waals surface area contributed by atoms with Crippen LogP contribution in [0.3, 0.4) is 0 Å². The number of ether oxygens (including phenoxy) is 2. The largest absolute Gasteiger partial charge is 0.486 e. The normalized spacial score (nSPS) is 16.4. The molecular weight excluding hydrogens is 350 g/mol. The summed E-state index contributed by atoms with van der Waals surface area (Å²) in [6.07, 6.45) is -0.699. The molecule has 0 aromatic heterocycles. The van der Waals surface area contributed by atoms with Crippen LogP contribution in [0.15, 0.2) is 47.4 Å². The van der Waals surface area contributed by atoms with E-state index in [1.54, 1.807) is 12.1 Å². The zero-order valence-corrected chi connectivity index (χ0v) is 14.1. The van der Waals surface area contributed by atoms with E-state index in [1.807, 2.05) is 6.92 Å². The van der Waals surface area contributed by atoms with Gasteiger partial charge in [0.2, 0.25) is 0 Å². The molecule has 0 amide bonds. The van der Waals surface area contributed by atoms with Gasteiger partial charge in [0, 0.05) is 6.07 Å². The second-order valence-electron chi connectivity index (χ2n) is 5.49. The third-order valence-corrected chi connectivity index (χ3v) is 4.87. The SMILES string of the molecule is Cc1ccc(S(=O)(=O)OC[C@H]2COc3ccc([N+](=O)[O-])cc3O2)cc1. The van der Waals surface area contributed by atoms with Crippen LogP contribution < -0.4 is 9.47 Å². The summed E-state index contributed by atoms with van der Waals surface area (Å²) in [6.45, 7) is 1.66. The number of aryl methyl sites for hydroxylation is 1. The Morgan fingerprint density at radius 3 is 2.60 bits per heavy atom. The summed E-state index contributed by atoms with van der Waals surface area (Å²) in [4.78, 5) is 10.3. The van der Waals surface area contributed by atoms with E-state index in [2.05, 4.69) is 0 Å². The summed E-state index contributed by atoms with van der Waals surface area (Å²) in [5, 5.41) is 10.8. The molecule has 3 rings (SSSR count). The average molecular weight is 365 g/mol. The molecule has 0 aliphatic carbocycles. The van der Waals surface area contributed by atoms with Crippen molar-refractivity contribution in [2.24, 2.45) is 0 Å². The maximum atomic E-state index is 12.2. The van der Waals surface area contributed by atoms with E-state index < -0.39 is 21.1 Å². The lowest BCUT2D eigenvalue weighted by Gasteiger charge is -2.25. The number of rotatable bonds is 5. The van der Waals surface area contributed by atoms with Gasteiger partial charge in [0.05, 0.1) is 15.9 Å². The molecule has 1 atom stereocenters. The van der Waals surface area contributed by atoms with Crippen molar-refractivity contribution in [3.63, 3.8) is 0 Å². The van der Waals surface area contributed by atoms with E-state index in [0.717, 1.165) is 5.56 Å². The molecule has 1 heterocycles. The van der Waals surface area contributed by atoms with Crippen molar-refractivity contribution < 1.29 is 27.0 Å². The minimum Gasteiger partial charge on any atom is -0.486 e. The number of nitrogens with zero attached hydrogens (tertiary/aromatic N) is 1. The number of nitro groups is 1. The maximum absolute atomic E-state index is 12.2. The van der Waals surface area contributed by atoms with Crippen molar-refractivity contribution in [1.82, 2.24) is 0 Å². The fraction of sp³-hybridized carbons (Fsp3) is 0.250. The predicted molar refractivity (Wildman–Crippen MR) is 87.3 cm³/mol. The van der Waals surface area contributed by atoms with Gasteiger partial charge in [0.1, 0.15) is 13.2 Å². The summed E-state index contributed by atoms with van der Waals surface area (Å²) in [6, 6.07) is 10.2. The van der Waals surface area contributed by atoms with Gasteiger partial charge < -0.3 is 9.47 Å². The monoisotopic (exact) mass is 365 g/mol. The van der Waals surface area contributed by atoms with Crippen LogP contribution in [0.1, 0.15) is 5.56 Å². The van der Waals surface area contributed by atoms with E-state index in [1.165, 1.54) is 30.3 Å². The molecule has 0 saturated carbocycles. The van der Waals surface area contributed by atoms with Gasteiger partial charge in [-0.05, 0) is 25.1 Å². The van der Waals surface area contributed by atoms with E-state index in [4.69, 9.17) is 13.7 Å². The zero-order valence-electron chi connectivity index (χ0n) is 13.2. The third kappa shape index (κ3) is 3.89. The van der Waals surface area contributed by atoms with Crippen molar-refractivity contribution in [3.8, 4) is 11.5 Å². The van der Waals surface area contributed by atoms with Gasteiger partial charge in [-0.15, -0.1) is 0 Å². The van der Waals surface area contributed by atoms with Gasteiger partial charge in [0.25, 0.3) is 15.8 Å². The van der Waals surface area contributed by atoms with Crippen molar-refractivity contribution in [3.05, 3.63) is 58.1 Å². The standard InChI is InChI=1S/C16H15NO7S/c1-11-2-5-14(6-3-11)25(20,21)23-10-13-9-22-15-7-4-12(17(18)19)8-16(15)24-13/h2-8,13H,9-10H2,1H3/t13-/m1/s1. The number of hydrogen-bond acceptors (Lipinski definition) is 7. The summed E-state index contributed by atoms with van der Waals surface area (Å²) in [7, 11) is -3.92. The van der Waals surface area contributed by atoms with Crippen LogP contribution in [0.4, 0.5) is 5.69 Å². The highest BCUT2D eigenvalue weighted by Crippen LogP contribution is 2.35. The molecule has 0 unspecified atom stereocenters. The van der Waals surface area contributed by atoms with Crippen LogP contribution in [-0.2, 0) is 14.3 Å². The lowest BCUT2D eigenvalue weighted by Crippen LogP contribution is -2.34. The molecule has 2 aromatic rings. The minimum atomic E-state index is -3.92. The van der Waals surface area contributed by atoms with Crippen LogP contribution in [0.2, 0.25) is 0 Å². The molecule has 2 aromatic carbocycles. The van der Waals surface area contributed by atoms with Gasteiger partial charge in [0.15, 0.2) is 17.6 Å². The number of fused-ring (bicyclic) bond motifs is 1. The first kappa shape index (κ1) is 17.2. The molecule has 1 aliphatic heterocycles. The lowest BCUT2D eigenvalue weighted by molar-refractivity contribution is -0.385. The Kier molecular flexibility index (Phi) is 4.60. The molecule has 0 N–H and O–H groups in total. The highest BCUT2D eigenvalue weighted by molar-refractivity contribution is 7.86. The van der Waals surface area contributed by atoms with Crippen LogP contribution in [0, 0.1) is 17.0 Å². The van der Waals surface area contributed by atoms with Gasteiger partial charge >= 0.3 is 0 Å². The second kappa shape index (κ2) is 6.69. The Balaban J connectivity index is 1.67. The first-order valence-electron chi connectivity index (χ1n) is 7.39. The summed E-state index contributed by atoms with van der Waals surface area (Å²) < 4.78 is 40.3. The highest BCUT2D eigenvalue weighted by Gasteiger charge is 2.26. The second-order valence-corrected chi connectivity index (χ2v) is 7.11. The van der Waals surface area contributed by atoms with E-state index in [0.29, 0.717) is 5.75 Å². The van der Waals surface area contributed by atoms with Crippen molar-refractivity contribution >= 4 is 15.8 Å². The van der Waals surface area contributed by atoms with Crippen molar-refractivity contribution in [1.29, 1.82) is 0 Å². The molecule has 0 saturated heterocycles. The van der Waals surface area contributed by atoms with Crippen molar-refractivity contribution in [2.45, 2.75) is 17.9 Å². The highest BCUT2D eigenvalue weighted by atomic mass is 32.2. The Hall–Kier alpha value is -2.65. The van der Waals surface area contributed by atoms with Gasteiger partial charge in [-0.2, -0.15) is 8.42 Å². The van der Waals surface area contributed by atoms with Crippen LogP contribution in [0.25, 0.3) is 0 Å². The molecule has 0 spiro atoms. The quantitative estimate of drug-likeness (QED) is 0.455. The van der Waals surface area contributed by atoms with Gasteiger partial charge in [-0.1, -0.05) is 17.7 Å². The molecule has 9 heteroatoms. The minimum absolute atomic E-state index is 0.0471. The molecule has 0 bridgehead atoms. The summed E-state index contributed by atoms with van der Waals surface area (Å²) in [5.41, 5.74) is 0.789. The molecule has 25 heavy (non-hydrogen) atoms. The lowest BCUT2D eigenvalue weighted by atomic mass is 10.2. The van der Waals surface area contributed by atoms with Crippen LogP contribution in [0.5, 0.6) is 11.5 Å². The molecule has 132 valence electrons. The maximum Gasteiger partial charge on any atom is 0.297 e. The fourth-order valence-corrected chi connectivity index (χ4v) is 3.17. The molecule has 0 radical (unpaired) electrons. The topological polar surface area (TPSA) is 105 Å². The zero-order chi connectivity index (χ0) is 18.0. The Bertz CT molecular complexity index is 893. The number of nitro benzene ring substituents is 1. The van der Waals surface area contributed by atoms with Crippen LogP contribution >= 0.6 is 0 Å². The number of benzene rings is 2. The van der Waals surface area contributed by atoms with E-state index in [-0.39, 0.29) is 29.5 Å². The summed E-state index contributed by atoms with van der Waals surface area (Å²) in [5.74, 6) is 0.546. The molecule has 0 fully saturated rings. The molecular formula is C16H15NO7S. The van der Waals surface area contributed by atoms with Crippen molar-refractivity contribution in [2.75, 3.05) is 13.2 Å². The molecule has 8 nitrogen and oxygen atoms in total. The first-order valence-corrected chi connectivity index (χ1v) is 8.80. The fourth-order valence-electron chi connectivity index (χ4n) is 2.24. The average Bonchev–Trinajstić information content (AvgIpc) is 2.59. The molecule has 1 aliphatic rings. The number of non-ortho nitro benzene ring substituents is 1. The first-order chi connectivity index (χ1) is 11.8. The number of hydrogen-bond donors (Lipinski definition) is 0. The Morgan fingerprint density at radius 2 is 1.92 bits per heavy atom. The van der Waals surface area contributed by atoms with E-state index >= 15 is 0 Å². The predicted octanol–water partition coefficient (Wildman–Crippen LogP) is 2.45. The van der Waals surface area contributed by atoms with E-state index in [9.17, 15) is 18.5 Å². The smallest absolute Gasteiger partial charge is 0.297 e.